The van der Waals surface area contributed by atoms with Crippen molar-refractivity contribution < 1.29 is 5.11 Å². The summed E-state index contributed by atoms with van der Waals surface area (Å²) in [5.41, 5.74) is 9.97. The van der Waals surface area contributed by atoms with Crippen molar-refractivity contribution in [1.29, 1.82) is 0 Å². The van der Waals surface area contributed by atoms with Gasteiger partial charge in [-0.2, -0.15) is 0 Å². The van der Waals surface area contributed by atoms with E-state index in [-0.39, 0.29) is 12.6 Å². The molecule has 0 saturated heterocycles. The molecule has 4 aromatic rings. The number of hydrogen-bond acceptors (Lipinski definition) is 7. The fourth-order valence-electron chi connectivity index (χ4n) is 3.11. The van der Waals surface area contributed by atoms with Gasteiger partial charge in [-0.1, -0.05) is 42.2 Å². The minimum absolute atomic E-state index is 0.0598. The van der Waals surface area contributed by atoms with Crippen molar-refractivity contribution in [3.63, 3.8) is 0 Å². The smallest absolute Gasteiger partial charge is 0.162 e. The third-order valence-electron chi connectivity index (χ3n) is 4.53. The lowest BCUT2D eigenvalue weighted by molar-refractivity contribution is 0.350. The van der Waals surface area contributed by atoms with E-state index in [0.29, 0.717) is 12.4 Å². The van der Waals surface area contributed by atoms with E-state index in [1.165, 1.54) is 16.9 Å². The number of benzene rings is 1. The first-order chi connectivity index (χ1) is 14.7. The number of pyridine rings is 1. The summed E-state index contributed by atoms with van der Waals surface area (Å²) in [4.78, 5) is 13.5. The van der Waals surface area contributed by atoms with Crippen LogP contribution in [0.1, 0.15) is 11.1 Å². The van der Waals surface area contributed by atoms with Gasteiger partial charge in [-0.15, -0.1) is 11.3 Å². The van der Waals surface area contributed by atoms with Gasteiger partial charge in [0.1, 0.15) is 17.9 Å². The molecule has 0 saturated carbocycles. The lowest BCUT2D eigenvalue weighted by atomic mass is 10.1. The van der Waals surface area contributed by atoms with E-state index in [0.717, 1.165) is 33.6 Å². The number of aliphatic hydroxyl groups is 1. The summed E-state index contributed by atoms with van der Waals surface area (Å²) in [6, 6.07) is 13.9. The van der Waals surface area contributed by atoms with Crippen molar-refractivity contribution in [2.24, 2.45) is 5.73 Å². The molecule has 0 spiro atoms. The number of rotatable bonds is 6. The minimum Gasteiger partial charge on any atom is -0.384 e. The van der Waals surface area contributed by atoms with E-state index >= 15 is 0 Å². The van der Waals surface area contributed by atoms with Gasteiger partial charge in [-0.05, 0) is 24.1 Å². The monoisotopic (exact) mass is 415 g/mol. The number of nitrogens with one attached hydrogen (secondary N) is 1. The first-order valence-electron chi connectivity index (χ1n) is 9.57. The number of aromatic nitrogens is 3. The van der Waals surface area contributed by atoms with Crippen molar-refractivity contribution in [1.82, 2.24) is 15.0 Å². The molecule has 0 aliphatic carbocycles. The maximum absolute atomic E-state index is 9.05. The molecule has 0 aliphatic rings. The lowest BCUT2D eigenvalue weighted by Crippen LogP contribution is -2.31. The summed E-state index contributed by atoms with van der Waals surface area (Å²) < 4.78 is 0.918. The van der Waals surface area contributed by atoms with Gasteiger partial charge >= 0.3 is 0 Å². The molecule has 7 heteroatoms. The lowest BCUT2D eigenvalue weighted by Gasteiger charge is -2.14. The summed E-state index contributed by atoms with van der Waals surface area (Å²) in [5.74, 6) is 7.00. The van der Waals surface area contributed by atoms with Crippen LogP contribution in [0.4, 0.5) is 5.82 Å². The third-order valence-corrected chi connectivity index (χ3v) is 5.50. The van der Waals surface area contributed by atoms with Crippen LogP contribution < -0.4 is 11.1 Å². The van der Waals surface area contributed by atoms with E-state index in [4.69, 9.17) is 20.8 Å². The van der Waals surface area contributed by atoms with E-state index in [1.54, 1.807) is 12.4 Å². The van der Waals surface area contributed by atoms with Gasteiger partial charge in [0.25, 0.3) is 0 Å². The molecule has 6 nitrogen and oxygen atoms in total. The van der Waals surface area contributed by atoms with Crippen molar-refractivity contribution in [2.45, 2.75) is 12.5 Å². The molecule has 0 aliphatic heterocycles. The normalized spacial score (nSPS) is 11.7. The number of nitrogens with two attached hydrogens (primary N) is 1. The number of hydrogen-bond donors (Lipinski definition) is 3. The zero-order valence-electron chi connectivity index (χ0n) is 16.2. The largest absolute Gasteiger partial charge is 0.384 e. The highest BCUT2D eigenvalue weighted by Gasteiger charge is 2.15. The van der Waals surface area contributed by atoms with Gasteiger partial charge in [0.2, 0.25) is 0 Å². The predicted molar refractivity (Wildman–Crippen MR) is 121 cm³/mol. The standard InChI is InChI=1S/C23H21N5OS/c24-19(13-16-5-2-1-3-6-16)14-26-23-21-20(18(15-30-21)7-4-12-29)27-22(28-23)17-8-10-25-11-9-17/h1-3,5-6,8-11,15,19,29H,12-14,24H2,(H,26,27,28)/t19-/m0/s1. The van der Waals surface area contributed by atoms with Crippen LogP contribution in [0.25, 0.3) is 21.6 Å². The molecule has 30 heavy (non-hydrogen) atoms. The van der Waals surface area contributed by atoms with Gasteiger partial charge in [-0.25, -0.2) is 9.97 Å². The fraction of sp³-hybridized carbons (Fsp3) is 0.174. The summed E-state index contributed by atoms with van der Waals surface area (Å²) in [6.45, 7) is 0.380. The second-order valence-electron chi connectivity index (χ2n) is 6.75. The Balaban J connectivity index is 1.64. The quantitative estimate of drug-likeness (QED) is 0.419. The molecule has 4 N–H and O–H groups in total. The summed E-state index contributed by atoms with van der Waals surface area (Å²) in [6.07, 6.45) is 4.20. The highest BCUT2D eigenvalue weighted by Crippen LogP contribution is 2.32. The molecule has 4 rings (SSSR count). The molecule has 0 fully saturated rings. The van der Waals surface area contributed by atoms with E-state index in [9.17, 15) is 0 Å². The molecule has 0 unspecified atom stereocenters. The number of fused-ring (bicyclic) bond motifs is 1. The predicted octanol–water partition coefficient (Wildman–Crippen LogP) is 3.08. The molecule has 0 bridgehead atoms. The highest BCUT2D eigenvalue weighted by atomic mass is 32.1. The zero-order chi connectivity index (χ0) is 20.8. The summed E-state index contributed by atoms with van der Waals surface area (Å²) >= 11 is 1.53. The Morgan fingerprint density at radius 2 is 1.90 bits per heavy atom. The molecule has 3 aromatic heterocycles. The molecule has 1 aromatic carbocycles. The molecule has 3 heterocycles. The molecular formula is C23H21N5OS. The molecule has 0 radical (unpaired) electrons. The summed E-state index contributed by atoms with van der Waals surface area (Å²) in [7, 11) is 0. The first kappa shape index (κ1) is 20.0. The maximum atomic E-state index is 9.05. The Labute approximate surface area is 178 Å². The van der Waals surface area contributed by atoms with Crippen molar-refractivity contribution in [3.8, 4) is 23.2 Å². The van der Waals surface area contributed by atoms with Crippen LogP contribution in [0.15, 0.2) is 60.2 Å². The Kier molecular flexibility index (Phi) is 6.30. The van der Waals surface area contributed by atoms with Gasteiger partial charge in [0.05, 0.1) is 10.3 Å². The van der Waals surface area contributed by atoms with Gasteiger partial charge in [0.15, 0.2) is 5.82 Å². The summed E-state index contributed by atoms with van der Waals surface area (Å²) in [5, 5.41) is 14.4. The van der Waals surface area contributed by atoms with Crippen LogP contribution in [0, 0.1) is 11.8 Å². The number of anilines is 1. The van der Waals surface area contributed by atoms with Crippen LogP contribution in [-0.2, 0) is 6.42 Å². The van der Waals surface area contributed by atoms with Gasteiger partial charge in [-0.3, -0.25) is 4.98 Å². The Hall–Kier alpha value is -3.31. The van der Waals surface area contributed by atoms with Crippen LogP contribution in [-0.4, -0.2) is 39.3 Å². The maximum Gasteiger partial charge on any atom is 0.162 e. The van der Waals surface area contributed by atoms with Crippen molar-refractivity contribution in [2.75, 3.05) is 18.5 Å². The van der Waals surface area contributed by atoms with Crippen molar-refractivity contribution in [3.05, 3.63) is 71.4 Å². The van der Waals surface area contributed by atoms with Crippen LogP contribution in [0.2, 0.25) is 0 Å². The van der Waals surface area contributed by atoms with Crippen LogP contribution in [0.3, 0.4) is 0 Å². The van der Waals surface area contributed by atoms with Crippen molar-refractivity contribution >= 4 is 27.4 Å². The minimum atomic E-state index is -0.195. The van der Waals surface area contributed by atoms with Crippen LogP contribution >= 0.6 is 11.3 Å². The SMILES string of the molecule is N[C@H](CNc1nc(-c2ccncc2)nc2c(C#CCO)csc12)Cc1ccccc1. The second-order valence-corrected chi connectivity index (χ2v) is 7.63. The third kappa shape index (κ3) is 4.63. The van der Waals surface area contributed by atoms with E-state index in [2.05, 4.69) is 34.3 Å². The molecular weight excluding hydrogens is 394 g/mol. The highest BCUT2D eigenvalue weighted by molar-refractivity contribution is 7.18. The Morgan fingerprint density at radius 3 is 2.67 bits per heavy atom. The Bertz CT molecular complexity index is 1180. The topological polar surface area (TPSA) is 97.0 Å². The average molecular weight is 416 g/mol. The van der Waals surface area contributed by atoms with Gasteiger partial charge < -0.3 is 16.2 Å². The first-order valence-corrected chi connectivity index (χ1v) is 10.5. The number of nitrogens with zero attached hydrogens (tertiary/aromatic N) is 3. The average Bonchev–Trinajstić information content (AvgIpc) is 3.20. The Morgan fingerprint density at radius 1 is 1.10 bits per heavy atom. The molecule has 1 atom stereocenters. The number of aliphatic hydroxyl groups excluding tert-OH is 1. The second kappa shape index (κ2) is 9.46. The fourth-order valence-corrected chi connectivity index (χ4v) is 4.01. The van der Waals surface area contributed by atoms with Crippen LogP contribution in [0.5, 0.6) is 0 Å². The molecule has 150 valence electrons. The number of thiophene rings is 1. The van der Waals surface area contributed by atoms with E-state index in [1.807, 2.05) is 35.7 Å². The van der Waals surface area contributed by atoms with E-state index < -0.39 is 0 Å². The van der Waals surface area contributed by atoms with Gasteiger partial charge in [0, 0.05) is 35.9 Å². The zero-order valence-corrected chi connectivity index (χ0v) is 17.1. The molecule has 0 amide bonds.